The summed E-state index contributed by atoms with van der Waals surface area (Å²) < 4.78 is 55.5. The van der Waals surface area contributed by atoms with Crippen molar-refractivity contribution in [3.63, 3.8) is 0 Å². The first-order valence-electron chi connectivity index (χ1n) is 15.2. The molecule has 0 bridgehead atoms. The monoisotopic (exact) mass is 662 g/mol. The van der Waals surface area contributed by atoms with Crippen LogP contribution < -0.4 is 14.2 Å². The van der Waals surface area contributed by atoms with E-state index in [2.05, 4.69) is 9.97 Å². The Morgan fingerprint density at radius 3 is 2.70 bits per heavy atom. The summed E-state index contributed by atoms with van der Waals surface area (Å²) in [7, 11) is 0. The third-order valence-electron chi connectivity index (χ3n) is 8.28. The van der Waals surface area contributed by atoms with Crippen molar-refractivity contribution in [2.75, 3.05) is 19.8 Å². The number of fused-ring (bicyclic) bond motifs is 2. The van der Waals surface area contributed by atoms with Crippen LogP contribution in [-0.2, 0) is 30.7 Å². The molecule has 0 radical (unpaired) electrons. The van der Waals surface area contributed by atoms with Gasteiger partial charge >= 0.3 is 12.0 Å². The highest BCUT2D eigenvalue weighted by molar-refractivity contribution is 6.30. The molecular formula is C34H29ClF2N4O6. The third-order valence-corrected chi connectivity index (χ3v) is 8.52. The Balaban J connectivity index is 1.24. The number of halogens is 3. The molecule has 7 rings (SSSR count). The van der Waals surface area contributed by atoms with Gasteiger partial charge in [0.05, 0.1) is 42.6 Å². The number of carboxylic acids is 1. The summed E-state index contributed by atoms with van der Waals surface area (Å²) in [5.74, 6) is -0.670. The fraction of sp³-hybridized carbons (Fsp3) is 0.294. The molecule has 5 aromatic rings. The number of rotatable bonds is 11. The molecule has 2 aromatic heterocycles. The number of benzene rings is 3. The van der Waals surface area contributed by atoms with Crippen LogP contribution in [0.25, 0.3) is 22.3 Å². The van der Waals surface area contributed by atoms with E-state index >= 15 is 4.39 Å². The minimum absolute atomic E-state index is 0.00848. The van der Waals surface area contributed by atoms with Gasteiger partial charge in [-0.25, -0.2) is 23.5 Å². The van der Waals surface area contributed by atoms with Crippen molar-refractivity contribution in [3.8, 4) is 28.8 Å². The van der Waals surface area contributed by atoms with Crippen LogP contribution in [0.1, 0.15) is 46.2 Å². The van der Waals surface area contributed by atoms with Gasteiger partial charge in [0.25, 0.3) is 0 Å². The van der Waals surface area contributed by atoms with Crippen LogP contribution in [-0.4, -0.2) is 56.5 Å². The van der Waals surface area contributed by atoms with E-state index in [9.17, 15) is 14.3 Å². The molecule has 3 aromatic carbocycles. The van der Waals surface area contributed by atoms with Crippen LogP contribution in [0, 0.1) is 11.6 Å². The zero-order chi connectivity index (χ0) is 32.7. The van der Waals surface area contributed by atoms with E-state index in [1.807, 2.05) is 11.5 Å². The van der Waals surface area contributed by atoms with Crippen LogP contribution in [0.3, 0.4) is 0 Å². The van der Waals surface area contributed by atoms with Crippen molar-refractivity contribution in [3.05, 3.63) is 93.4 Å². The van der Waals surface area contributed by atoms with E-state index in [4.69, 9.17) is 35.5 Å². The minimum atomic E-state index is -1.09. The van der Waals surface area contributed by atoms with Gasteiger partial charge in [-0.05, 0) is 49.7 Å². The van der Waals surface area contributed by atoms with Crippen LogP contribution in [0.5, 0.6) is 17.5 Å². The summed E-state index contributed by atoms with van der Waals surface area (Å²) >= 11 is 5.84. The molecule has 47 heavy (non-hydrogen) atoms. The number of aromatic carboxylic acids is 1. The van der Waals surface area contributed by atoms with Gasteiger partial charge in [0, 0.05) is 52.9 Å². The van der Waals surface area contributed by atoms with Gasteiger partial charge in [0.15, 0.2) is 0 Å². The first kappa shape index (κ1) is 30.8. The highest BCUT2D eigenvalue weighted by Gasteiger charge is 2.29. The number of carbonyl (C=O) groups is 1. The van der Waals surface area contributed by atoms with Gasteiger partial charge in [-0.2, -0.15) is 4.98 Å². The number of hydrogen-bond donors (Lipinski definition) is 1. The number of hydrogen-bond acceptors (Lipinski definition) is 8. The van der Waals surface area contributed by atoms with Crippen LogP contribution in [0.2, 0.25) is 5.02 Å². The number of aromatic nitrogens is 4. The van der Waals surface area contributed by atoms with Crippen molar-refractivity contribution in [1.82, 2.24) is 19.5 Å². The topological polar surface area (TPSA) is 118 Å². The minimum Gasteiger partial charge on any atom is -0.492 e. The first-order valence-corrected chi connectivity index (χ1v) is 15.5. The summed E-state index contributed by atoms with van der Waals surface area (Å²) in [6.07, 6.45) is 2.86. The lowest BCUT2D eigenvalue weighted by molar-refractivity contribution is -0.0589. The Morgan fingerprint density at radius 1 is 1.11 bits per heavy atom. The Kier molecular flexibility index (Phi) is 8.37. The molecule has 0 aliphatic carbocycles. The van der Waals surface area contributed by atoms with Crippen molar-refractivity contribution in [2.24, 2.45) is 0 Å². The van der Waals surface area contributed by atoms with Crippen molar-refractivity contribution < 1.29 is 37.6 Å². The van der Waals surface area contributed by atoms with Crippen molar-refractivity contribution in [1.29, 1.82) is 0 Å². The summed E-state index contributed by atoms with van der Waals surface area (Å²) in [6, 6.07) is 10.3. The third kappa shape index (κ3) is 6.06. The zero-order valence-electron chi connectivity index (χ0n) is 25.3. The molecule has 10 nitrogen and oxygen atoms in total. The van der Waals surface area contributed by atoms with E-state index in [-0.39, 0.29) is 41.3 Å². The summed E-state index contributed by atoms with van der Waals surface area (Å²) in [5.41, 5.74) is 3.37. The molecule has 0 spiro atoms. The SMILES string of the molecule is CCOc1cc(C(=O)O)cc2c1nc(Cc1c(F)cc(-c3ccnc(OCc4ccc(Cl)cc4F)n3)c3c1CCO3)n2C[C@@H]1CCO1. The summed E-state index contributed by atoms with van der Waals surface area (Å²) in [4.78, 5) is 25.4. The molecule has 1 fully saturated rings. The lowest BCUT2D eigenvalue weighted by atomic mass is 9.96. The maximum absolute atomic E-state index is 16.2. The second kappa shape index (κ2) is 12.8. The van der Waals surface area contributed by atoms with E-state index in [1.54, 1.807) is 18.2 Å². The Hall–Kier alpha value is -4.81. The fourth-order valence-corrected chi connectivity index (χ4v) is 6.05. The van der Waals surface area contributed by atoms with Gasteiger partial charge in [0.1, 0.15) is 41.1 Å². The number of ether oxygens (including phenoxy) is 4. The molecule has 0 saturated carbocycles. The van der Waals surface area contributed by atoms with E-state index in [0.29, 0.717) is 83.5 Å². The highest BCUT2D eigenvalue weighted by atomic mass is 35.5. The quantitative estimate of drug-likeness (QED) is 0.171. The lowest BCUT2D eigenvalue weighted by Gasteiger charge is -2.27. The van der Waals surface area contributed by atoms with Gasteiger partial charge < -0.3 is 28.6 Å². The van der Waals surface area contributed by atoms with E-state index in [0.717, 1.165) is 6.42 Å². The first-order chi connectivity index (χ1) is 22.8. The van der Waals surface area contributed by atoms with Crippen molar-refractivity contribution in [2.45, 2.75) is 45.4 Å². The van der Waals surface area contributed by atoms with E-state index < -0.39 is 17.6 Å². The fourth-order valence-electron chi connectivity index (χ4n) is 5.89. The van der Waals surface area contributed by atoms with Crippen LogP contribution in [0.15, 0.2) is 48.7 Å². The molecule has 1 saturated heterocycles. The molecule has 1 atom stereocenters. The number of imidazole rings is 1. The average molecular weight is 663 g/mol. The predicted octanol–water partition coefficient (Wildman–Crippen LogP) is 6.42. The highest BCUT2D eigenvalue weighted by Crippen LogP contribution is 2.41. The van der Waals surface area contributed by atoms with Crippen LogP contribution in [0.4, 0.5) is 8.78 Å². The molecule has 242 valence electrons. The summed E-state index contributed by atoms with van der Waals surface area (Å²) in [5, 5.41) is 10.1. The maximum atomic E-state index is 16.2. The van der Waals surface area contributed by atoms with Gasteiger partial charge in [-0.1, -0.05) is 17.7 Å². The Labute approximate surface area is 272 Å². The predicted molar refractivity (Wildman–Crippen MR) is 167 cm³/mol. The second-order valence-electron chi connectivity index (χ2n) is 11.2. The molecule has 1 N–H and O–H groups in total. The van der Waals surface area contributed by atoms with E-state index in [1.165, 1.54) is 30.5 Å². The van der Waals surface area contributed by atoms with Gasteiger partial charge in [0.2, 0.25) is 0 Å². The molecular weight excluding hydrogens is 634 g/mol. The smallest absolute Gasteiger partial charge is 0.335 e. The Morgan fingerprint density at radius 2 is 1.96 bits per heavy atom. The van der Waals surface area contributed by atoms with Gasteiger partial charge in [-0.15, -0.1) is 0 Å². The normalized spacial score (nSPS) is 15.3. The molecule has 2 aliphatic rings. The number of nitrogens with zero attached hydrogens (tertiary/aromatic N) is 4. The Bertz CT molecular complexity index is 2020. The van der Waals surface area contributed by atoms with Crippen molar-refractivity contribution >= 4 is 28.6 Å². The molecule has 2 aliphatic heterocycles. The summed E-state index contributed by atoms with van der Waals surface area (Å²) in [6.45, 7) is 3.44. The lowest BCUT2D eigenvalue weighted by Crippen LogP contribution is -2.31. The molecule has 4 heterocycles. The molecule has 0 amide bonds. The average Bonchev–Trinajstić information content (AvgIpc) is 3.65. The number of carboxylic acid groups (broad SMARTS) is 1. The standard InChI is InChI=1S/C34H29ClF2N4O6/c1-2-44-29-12-19(33(42)43)11-28-31(29)40-30(41(28)16-21-6-9-45-21)15-23-22-7-10-46-32(22)24(14-26(23)37)27-5-8-38-34(39-27)47-17-18-3-4-20(35)13-25(18)36/h3-5,8,11-14,21H,2,6-7,9-10,15-17H2,1H3,(H,42,43)/t21-/m0/s1. The zero-order valence-corrected chi connectivity index (χ0v) is 26.0. The van der Waals surface area contributed by atoms with Crippen LogP contribution >= 0.6 is 11.6 Å². The van der Waals surface area contributed by atoms with Gasteiger partial charge in [-0.3, -0.25) is 0 Å². The maximum Gasteiger partial charge on any atom is 0.335 e. The molecule has 0 unspecified atom stereocenters. The molecule has 13 heteroatoms. The second-order valence-corrected chi connectivity index (χ2v) is 11.7. The largest absolute Gasteiger partial charge is 0.492 e.